The Balaban J connectivity index is 2.05. The highest BCUT2D eigenvalue weighted by Crippen LogP contribution is 2.32. The van der Waals surface area contributed by atoms with Gasteiger partial charge in [-0.2, -0.15) is 13.2 Å². The Bertz CT molecular complexity index is 1330. The molecule has 0 aliphatic carbocycles. The van der Waals surface area contributed by atoms with Crippen LogP contribution in [0.2, 0.25) is 0 Å². The maximum Gasteiger partial charge on any atom is 0.492 e. The standard InChI is InChI=1S/C23H26F5N3O3S/c1-13-9-15(11-16(24)10-13)17-6-4-5-14(20(17)25)12-19-18(30-35(29,34)23(26,27)28)7-8-31(19)21(32)22(2,3)33/h4-6,9-11,18-19,33H,7-8,12H2,1-3H3,(H2,29,30,34)/t18-,19-,35?/m0/s1/i1D3. The Kier molecular flexibility index (Phi) is 6.19. The lowest BCUT2D eigenvalue weighted by Crippen LogP contribution is -2.53. The predicted molar refractivity (Wildman–Crippen MR) is 120 cm³/mol. The average molecular weight is 523 g/mol. The van der Waals surface area contributed by atoms with Crippen LogP contribution in [0.5, 0.6) is 0 Å². The molecule has 2 aromatic carbocycles. The number of benzene rings is 2. The molecule has 35 heavy (non-hydrogen) atoms. The first-order valence-corrected chi connectivity index (χ1v) is 12.0. The van der Waals surface area contributed by atoms with Gasteiger partial charge >= 0.3 is 5.51 Å². The van der Waals surface area contributed by atoms with Crippen LogP contribution >= 0.6 is 0 Å². The Morgan fingerprint density at radius 1 is 1.29 bits per heavy atom. The van der Waals surface area contributed by atoms with Gasteiger partial charge in [-0.25, -0.2) is 22.5 Å². The van der Waals surface area contributed by atoms with Gasteiger partial charge in [0.1, 0.15) is 17.2 Å². The zero-order chi connectivity index (χ0) is 28.8. The molecule has 1 unspecified atom stereocenters. The fourth-order valence-corrected chi connectivity index (χ4v) is 4.89. The summed E-state index contributed by atoms with van der Waals surface area (Å²) >= 11 is 0. The summed E-state index contributed by atoms with van der Waals surface area (Å²) in [4.78, 5) is 13.9. The number of carbonyl (C=O) groups is 1. The number of aryl methyl sites for hydroxylation is 1. The second kappa shape index (κ2) is 9.47. The molecule has 1 heterocycles. The summed E-state index contributed by atoms with van der Waals surface area (Å²) in [5, 5.41) is 10.2. The average Bonchev–Trinajstić information content (AvgIpc) is 3.13. The van der Waals surface area contributed by atoms with Crippen molar-refractivity contribution >= 4 is 15.8 Å². The van der Waals surface area contributed by atoms with Crippen molar-refractivity contribution < 1.29 is 40.2 Å². The van der Waals surface area contributed by atoms with E-state index < -0.39 is 63.9 Å². The van der Waals surface area contributed by atoms with Gasteiger partial charge in [0.15, 0.2) is 0 Å². The summed E-state index contributed by atoms with van der Waals surface area (Å²) in [6.45, 7) is -0.492. The lowest BCUT2D eigenvalue weighted by Gasteiger charge is -2.33. The summed E-state index contributed by atoms with van der Waals surface area (Å²) in [6, 6.07) is 4.17. The number of hydrogen-bond donors (Lipinski definition) is 3. The number of likely N-dealkylation sites (tertiary alicyclic amines) is 1. The molecule has 192 valence electrons. The van der Waals surface area contributed by atoms with Gasteiger partial charge in [-0.05, 0) is 62.4 Å². The zero-order valence-corrected chi connectivity index (χ0v) is 19.6. The highest BCUT2D eigenvalue weighted by molar-refractivity contribution is 7.91. The summed E-state index contributed by atoms with van der Waals surface area (Å²) in [6.07, 6.45) is -0.570. The van der Waals surface area contributed by atoms with Crippen molar-refractivity contribution in [2.75, 3.05) is 6.54 Å². The smallest absolute Gasteiger partial charge is 0.381 e. The van der Waals surface area contributed by atoms with Crippen molar-refractivity contribution in [3.8, 4) is 11.1 Å². The van der Waals surface area contributed by atoms with Crippen molar-refractivity contribution in [3.05, 3.63) is 59.2 Å². The molecule has 1 aliphatic heterocycles. The Morgan fingerprint density at radius 2 is 1.97 bits per heavy atom. The number of aliphatic hydroxyl groups is 1. The Hall–Kier alpha value is -2.57. The SMILES string of the molecule is [2H]C([2H])([2H])c1cc(F)cc(-c2cccc(C[C@H]3[C@@H](NS(=N)(=O)C(F)(F)F)CCN3C(=O)C(C)(C)O)c2F)c1. The molecule has 3 atom stereocenters. The first kappa shape index (κ1) is 22.9. The molecule has 1 aliphatic rings. The van der Waals surface area contributed by atoms with Crippen molar-refractivity contribution in [2.45, 2.75) is 56.7 Å². The van der Waals surface area contributed by atoms with E-state index in [0.29, 0.717) is 0 Å². The quantitative estimate of drug-likeness (QED) is 0.494. The number of halogens is 5. The van der Waals surface area contributed by atoms with Crippen LogP contribution in [0.4, 0.5) is 22.0 Å². The van der Waals surface area contributed by atoms with Crippen LogP contribution in [-0.2, 0) is 21.1 Å². The number of hydrogen-bond acceptors (Lipinski definition) is 4. The van der Waals surface area contributed by atoms with Gasteiger partial charge in [0.25, 0.3) is 5.91 Å². The lowest BCUT2D eigenvalue weighted by molar-refractivity contribution is -0.148. The van der Waals surface area contributed by atoms with E-state index in [4.69, 9.17) is 8.89 Å². The van der Waals surface area contributed by atoms with E-state index in [2.05, 4.69) is 0 Å². The molecule has 1 fully saturated rings. The molecule has 3 N–H and O–H groups in total. The maximum absolute atomic E-state index is 15.7. The van der Waals surface area contributed by atoms with Crippen LogP contribution in [0.3, 0.4) is 0 Å². The molecular formula is C23H26F5N3O3S. The molecule has 6 nitrogen and oxygen atoms in total. The van der Waals surface area contributed by atoms with Gasteiger partial charge in [0, 0.05) is 22.3 Å². The van der Waals surface area contributed by atoms with E-state index in [0.717, 1.165) is 23.1 Å². The molecular weight excluding hydrogens is 493 g/mol. The minimum atomic E-state index is -5.41. The van der Waals surface area contributed by atoms with Crippen LogP contribution in [-0.4, -0.2) is 49.9 Å². The van der Waals surface area contributed by atoms with E-state index in [1.54, 1.807) is 4.72 Å². The van der Waals surface area contributed by atoms with Crippen molar-refractivity contribution in [1.29, 1.82) is 4.78 Å². The molecule has 0 aromatic heterocycles. The number of nitrogens with zero attached hydrogens (tertiary/aromatic N) is 1. The molecule has 1 amide bonds. The topological polar surface area (TPSA) is 93.5 Å². The zero-order valence-electron chi connectivity index (χ0n) is 21.7. The van der Waals surface area contributed by atoms with Crippen molar-refractivity contribution in [3.63, 3.8) is 0 Å². The van der Waals surface area contributed by atoms with Crippen molar-refractivity contribution in [2.24, 2.45) is 0 Å². The number of carbonyl (C=O) groups excluding carboxylic acids is 1. The van der Waals surface area contributed by atoms with E-state index in [1.165, 1.54) is 32.0 Å². The van der Waals surface area contributed by atoms with E-state index in [9.17, 15) is 31.7 Å². The molecule has 3 rings (SSSR count). The summed E-state index contributed by atoms with van der Waals surface area (Å²) in [7, 11) is -5.31. The fraction of sp³-hybridized carbons (Fsp3) is 0.435. The van der Waals surface area contributed by atoms with Crippen LogP contribution in [0, 0.1) is 23.3 Å². The number of nitrogens with one attached hydrogen (secondary N) is 2. The Morgan fingerprint density at radius 3 is 2.57 bits per heavy atom. The van der Waals surface area contributed by atoms with Gasteiger partial charge in [-0.1, -0.05) is 24.3 Å². The highest BCUT2D eigenvalue weighted by atomic mass is 32.2. The van der Waals surface area contributed by atoms with Crippen LogP contribution in [0.1, 0.15) is 35.5 Å². The van der Waals surface area contributed by atoms with Crippen LogP contribution < -0.4 is 4.72 Å². The summed E-state index contributed by atoms with van der Waals surface area (Å²) < 4.78 is 113. The van der Waals surface area contributed by atoms with Crippen LogP contribution in [0.25, 0.3) is 11.1 Å². The third-order valence-corrected chi connectivity index (χ3v) is 6.98. The molecule has 1 saturated heterocycles. The third-order valence-electron chi connectivity index (χ3n) is 5.69. The largest absolute Gasteiger partial charge is 0.492 e. The number of alkyl halides is 3. The molecule has 0 saturated carbocycles. The third kappa shape index (κ3) is 5.81. The summed E-state index contributed by atoms with van der Waals surface area (Å²) in [5.41, 5.74) is -8.08. The minimum absolute atomic E-state index is 0.0905. The first-order valence-electron chi connectivity index (χ1n) is 12.0. The Labute approximate surface area is 204 Å². The molecule has 0 bridgehead atoms. The van der Waals surface area contributed by atoms with Gasteiger partial charge in [0.2, 0.25) is 9.92 Å². The molecule has 0 spiro atoms. The monoisotopic (exact) mass is 522 g/mol. The van der Waals surface area contributed by atoms with Crippen molar-refractivity contribution in [1.82, 2.24) is 9.62 Å². The highest BCUT2D eigenvalue weighted by Gasteiger charge is 2.48. The molecule has 12 heteroatoms. The second-order valence-corrected chi connectivity index (χ2v) is 10.7. The van der Waals surface area contributed by atoms with E-state index in [1.807, 2.05) is 0 Å². The minimum Gasteiger partial charge on any atom is -0.381 e. The second-order valence-electron chi connectivity index (χ2n) is 8.85. The number of amides is 1. The number of rotatable bonds is 6. The predicted octanol–water partition coefficient (Wildman–Crippen LogP) is 4.29. The molecule has 0 radical (unpaired) electrons. The fourth-order valence-electron chi connectivity index (χ4n) is 4.06. The van der Waals surface area contributed by atoms with Gasteiger partial charge in [0.05, 0.1) is 6.04 Å². The van der Waals surface area contributed by atoms with E-state index in [-0.39, 0.29) is 35.2 Å². The van der Waals surface area contributed by atoms with E-state index >= 15 is 4.39 Å². The van der Waals surface area contributed by atoms with Gasteiger partial charge < -0.3 is 10.0 Å². The normalized spacial score (nSPS) is 22.3. The summed E-state index contributed by atoms with van der Waals surface area (Å²) in [5.74, 6) is -2.71. The lowest BCUT2D eigenvalue weighted by atomic mass is 9.95. The first-order chi connectivity index (χ1) is 17.2. The van der Waals surface area contributed by atoms with Gasteiger partial charge in [-0.3, -0.25) is 4.79 Å². The molecule has 2 aromatic rings. The van der Waals surface area contributed by atoms with Crippen LogP contribution in [0.15, 0.2) is 36.4 Å². The van der Waals surface area contributed by atoms with Gasteiger partial charge in [-0.15, -0.1) is 0 Å². The maximum atomic E-state index is 15.7.